The molecule has 6 rings (SSSR count). The molecule has 43 heavy (non-hydrogen) atoms. The molecule has 13 heteroatoms. The van der Waals surface area contributed by atoms with Gasteiger partial charge in [0.1, 0.15) is 17.7 Å². The van der Waals surface area contributed by atoms with E-state index in [1.165, 1.54) is 58.3 Å². The van der Waals surface area contributed by atoms with Gasteiger partial charge in [-0.1, -0.05) is 46.3 Å². The first kappa shape index (κ1) is 29.5. The largest absolute Gasteiger partial charge is 0.456 e. The monoisotopic (exact) mass is 683 g/mol. The molecule has 10 nitrogen and oxygen atoms in total. The molecule has 222 valence electrons. The molecule has 3 aliphatic rings. The molecule has 0 N–H and O–H groups in total. The van der Waals surface area contributed by atoms with E-state index in [0.717, 1.165) is 36.5 Å². The van der Waals surface area contributed by atoms with Crippen LogP contribution in [0.2, 0.25) is 0 Å². The van der Waals surface area contributed by atoms with Gasteiger partial charge >= 0.3 is 11.9 Å². The van der Waals surface area contributed by atoms with Crippen molar-refractivity contribution < 1.29 is 28.8 Å². The first-order chi connectivity index (χ1) is 20.6. The molecular weight excluding hydrogens is 658 g/mol. The van der Waals surface area contributed by atoms with E-state index in [9.17, 15) is 24.5 Å². The molecule has 0 radical (unpaired) electrons. The third kappa shape index (κ3) is 5.62. The Morgan fingerprint density at radius 2 is 1.91 bits per heavy atom. The summed E-state index contributed by atoms with van der Waals surface area (Å²) in [6.45, 7) is 3.71. The van der Waals surface area contributed by atoms with Crippen molar-refractivity contribution in [2.24, 2.45) is 0 Å². The molecule has 0 spiro atoms. The first-order valence-electron chi connectivity index (χ1n) is 13.5. The van der Waals surface area contributed by atoms with E-state index in [1.54, 1.807) is 16.7 Å². The van der Waals surface area contributed by atoms with Gasteiger partial charge in [0, 0.05) is 53.9 Å². The summed E-state index contributed by atoms with van der Waals surface area (Å²) < 4.78 is 9.96. The van der Waals surface area contributed by atoms with E-state index >= 15 is 0 Å². The maximum atomic E-state index is 13.7. The van der Waals surface area contributed by atoms with Crippen molar-refractivity contribution in [3.63, 3.8) is 0 Å². The Kier molecular flexibility index (Phi) is 8.16. The minimum absolute atomic E-state index is 0.0638. The van der Waals surface area contributed by atoms with E-state index in [-0.39, 0.29) is 18.0 Å². The van der Waals surface area contributed by atoms with Gasteiger partial charge in [0.2, 0.25) is 0 Å². The van der Waals surface area contributed by atoms with Crippen LogP contribution in [0.4, 0.5) is 5.69 Å². The van der Waals surface area contributed by atoms with E-state index in [4.69, 9.17) is 9.47 Å². The van der Waals surface area contributed by atoms with Crippen LogP contribution in [0.5, 0.6) is 0 Å². The fraction of sp³-hybridized carbons (Fsp3) is 0.300. The number of alkyl halides is 1. The van der Waals surface area contributed by atoms with Crippen LogP contribution in [0.3, 0.4) is 0 Å². The average molecular weight is 685 g/mol. The molecule has 0 aliphatic carbocycles. The number of benzene rings is 2. The highest BCUT2D eigenvalue weighted by molar-refractivity contribution is 9.10. The number of hydrogen-bond donors (Lipinski definition) is 0. The summed E-state index contributed by atoms with van der Waals surface area (Å²) in [7, 11) is 0. The SMILES string of the molecule is CC(=O)OC(c1cc2c(s1)CCN(Cc1ccccc1)C2)C1(Br)C(=O)N2C(C(=O)OCc3ccc([N+](=O)[O-])cc3)=CSC21. The molecule has 1 saturated heterocycles. The highest BCUT2D eigenvalue weighted by Gasteiger charge is 2.69. The molecule has 3 aromatic rings. The number of carbonyl (C=O) groups excluding carboxylic acids is 3. The summed E-state index contributed by atoms with van der Waals surface area (Å²) in [5, 5.41) is 11.9. The van der Waals surface area contributed by atoms with E-state index in [1.807, 2.05) is 24.3 Å². The molecule has 4 heterocycles. The van der Waals surface area contributed by atoms with Crippen LogP contribution in [0.1, 0.15) is 39.5 Å². The number of halogens is 1. The van der Waals surface area contributed by atoms with E-state index < -0.39 is 38.6 Å². The van der Waals surface area contributed by atoms with Crippen LogP contribution >= 0.6 is 39.0 Å². The van der Waals surface area contributed by atoms with Gasteiger partial charge in [-0.2, -0.15) is 0 Å². The number of amides is 1. The Labute approximate surface area is 263 Å². The number of nitro benzene ring substituents is 1. The predicted molar refractivity (Wildman–Crippen MR) is 164 cm³/mol. The zero-order valence-electron chi connectivity index (χ0n) is 22.9. The van der Waals surface area contributed by atoms with Gasteiger partial charge in [0.05, 0.1) is 4.92 Å². The second kappa shape index (κ2) is 11.9. The number of nitro groups is 1. The third-order valence-electron chi connectivity index (χ3n) is 7.57. The Bertz CT molecular complexity index is 1630. The lowest BCUT2D eigenvalue weighted by atomic mass is 9.89. The summed E-state index contributed by atoms with van der Waals surface area (Å²) in [5.41, 5.74) is 3.01. The van der Waals surface area contributed by atoms with Gasteiger partial charge < -0.3 is 9.47 Å². The molecule has 3 aliphatic heterocycles. The van der Waals surface area contributed by atoms with Crippen LogP contribution in [0.15, 0.2) is 71.8 Å². The van der Waals surface area contributed by atoms with Crippen LogP contribution in [0, 0.1) is 10.1 Å². The normalized spacial score (nSPS) is 21.7. The predicted octanol–water partition coefficient (Wildman–Crippen LogP) is 5.45. The molecule has 1 fully saturated rings. The maximum Gasteiger partial charge on any atom is 0.355 e. The molecule has 2 aromatic carbocycles. The molecule has 0 saturated carbocycles. The van der Waals surface area contributed by atoms with Crippen molar-refractivity contribution in [1.82, 2.24) is 9.80 Å². The standard InChI is InChI=1S/C30H26BrN3O7S2/c1-18(35)41-26(25-13-21-15-32(12-11-24(21)43-25)14-19-5-3-2-4-6-19)30(31)28(37)33-23(17-42-29(30)33)27(36)40-16-20-7-9-22(10-8-20)34(38)39/h2-10,13,17,26,29H,11-12,14-16H2,1H3. The van der Waals surface area contributed by atoms with Crippen molar-refractivity contribution in [1.29, 1.82) is 0 Å². The Morgan fingerprint density at radius 3 is 2.60 bits per heavy atom. The van der Waals surface area contributed by atoms with Crippen LogP contribution in [-0.2, 0) is 50.0 Å². The highest BCUT2D eigenvalue weighted by Crippen LogP contribution is 2.59. The Morgan fingerprint density at radius 1 is 1.16 bits per heavy atom. The maximum absolute atomic E-state index is 13.7. The number of thiophene rings is 1. The second-order valence-corrected chi connectivity index (χ2v) is 13.9. The average Bonchev–Trinajstić information content (AvgIpc) is 3.62. The topological polar surface area (TPSA) is 119 Å². The molecule has 0 bridgehead atoms. The number of hydrogen-bond acceptors (Lipinski definition) is 10. The number of non-ortho nitro benzene ring substituents is 1. The third-order valence-corrected chi connectivity index (χ3v) is 11.5. The first-order valence-corrected chi connectivity index (χ1v) is 16.0. The number of esters is 2. The Balaban J connectivity index is 1.15. The number of nitrogens with zero attached hydrogens (tertiary/aromatic N) is 3. The van der Waals surface area contributed by atoms with Crippen molar-refractivity contribution in [3.8, 4) is 0 Å². The second-order valence-electron chi connectivity index (χ2n) is 10.5. The quantitative estimate of drug-likeness (QED) is 0.0953. The lowest BCUT2D eigenvalue weighted by Crippen LogP contribution is -2.70. The molecule has 3 unspecified atom stereocenters. The van der Waals surface area contributed by atoms with Gasteiger partial charge in [0.15, 0.2) is 10.4 Å². The number of carbonyl (C=O) groups is 3. The summed E-state index contributed by atoms with van der Waals surface area (Å²) >= 11 is 6.49. The summed E-state index contributed by atoms with van der Waals surface area (Å²) in [6, 6.07) is 18.0. The zero-order chi connectivity index (χ0) is 30.3. The number of thioether (sulfide) groups is 1. The van der Waals surface area contributed by atoms with Gasteiger partial charge in [-0.15, -0.1) is 23.1 Å². The minimum Gasteiger partial charge on any atom is -0.456 e. The molecule has 1 amide bonds. The van der Waals surface area contributed by atoms with Crippen molar-refractivity contribution in [2.45, 2.75) is 48.8 Å². The lowest BCUT2D eigenvalue weighted by molar-refractivity contribution is -0.384. The Hall–Kier alpha value is -3.52. The van der Waals surface area contributed by atoms with E-state index in [0.29, 0.717) is 5.56 Å². The van der Waals surface area contributed by atoms with Crippen molar-refractivity contribution in [3.05, 3.63) is 108 Å². The van der Waals surface area contributed by atoms with Gasteiger partial charge in [-0.3, -0.25) is 29.5 Å². The molecular formula is C30H26BrN3O7S2. The number of rotatable bonds is 9. The van der Waals surface area contributed by atoms with Crippen molar-refractivity contribution in [2.75, 3.05) is 6.54 Å². The minimum atomic E-state index is -1.27. The zero-order valence-corrected chi connectivity index (χ0v) is 26.2. The van der Waals surface area contributed by atoms with Crippen LogP contribution < -0.4 is 0 Å². The molecule has 1 aromatic heterocycles. The number of β-lactam (4-membered cyclic amide) rings is 1. The highest BCUT2D eigenvalue weighted by atomic mass is 79.9. The van der Waals surface area contributed by atoms with Crippen LogP contribution in [0.25, 0.3) is 0 Å². The van der Waals surface area contributed by atoms with Gasteiger partial charge in [0.25, 0.3) is 11.6 Å². The summed E-state index contributed by atoms with van der Waals surface area (Å²) in [5.74, 6) is -1.60. The summed E-state index contributed by atoms with van der Waals surface area (Å²) in [4.78, 5) is 55.0. The van der Waals surface area contributed by atoms with Crippen LogP contribution in [-0.4, -0.2) is 48.8 Å². The number of fused-ring (bicyclic) bond motifs is 2. The molecule has 3 atom stereocenters. The van der Waals surface area contributed by atoms with Gasteiger partial charge in [-0.05, 0) is 41.3 Å². The fourth-order valence-electron chi connectivity index (χ4n) is 5.46. The lowest BCUT2D eigenvalue weighted by Gasteiger charge is -2.51. The van der Waals surface area contributed by atoms with E-state index in [2.05, 4.69) is 33.0 Å². The van der Waals surface area contributed by atoms with Gasteiger partial charge in [-0.25, -0.2) is 4.79 Å². The fourth-order valence-corrected chi connectivity index (χ4v) is 9.17. The number of ether oxygens (including phenoxy) is 2. The van der Waals surface area contributed by atoms with Crippen molar-refractivity contribution >= 4 is 62.6 Å². The summed E-state index contributed by atoms with van der Waals surface area (Å²) in [6.07, 6.45) is -0.0206. The smallest absolute Gasteiger partial charge is 0.355 e.